The Morgan fingerprint density at radius 1 is 1.00 bits per heavy atom. The zero-order valence-electron chi connectivity index (χ0n) is 16.2. The molecule has 27 heavy (non-hydrogen) atoms. The van der Waals surface area contributed by atoms with Crippen molar-refractivity contribution in [3.63, 3.8) is 0 Å². The van der Waals surface area contributed by atoms with E-state index in [-0.39, 0.29) is 29.7 Å². The monoisotopic (exact) mass is 367 g/mol. The molecular formula is C22H29N3O2. The topological polar surface area (TPSA) is 84.2 Å². The Morgan fingerprint density at radius 3 is 2.37 bits per heavy atom. The average molecular weight is 367 g/mol. The molecule has 144 valence electrons. The standard InChI is InChI=1S/C22H29N3O2/c1-4-15(2)21(26)25-19-12-8-9-17(13-19)14-24-22(27)16(3)20(23)18-10-6-5-7-11-18/h5-13,15-16,20H,4,14,23H2,1-3H3,(H,24,27)(H,25,26). The van der Waals surface area contributed by atoms with Crippen molar-refractivity contribution in [2.24, 2.45) is 17.6 Å². The van der Waals surface area contributed by atoms with Gasteiger partial charge in [-0.3, -0.25) is 9.59 Å². The highest BCUT2D eigenvalue weighted by Crippen LogP contribution is 2.19. The number of nitrogens with two attached hydrogens (primary N) is 1. The maximum absolute atomic E-state index is 12.5. The molecular weight excluding hydrogens is 338 g/mol. The van der Waals surface area contributed by atoms with E-state index in [2.05, 4.69) is 10.6 Å². The molecule has 2 aromatic carbocycles. The van der Waals surface area contributed by atoms with Gasteiger partial charge >= 0.3 is 0 Å². The summed E-state index contributed by atoms with van der Waals surface area (Å²) in [6.45, 7) is 6.10. The molecule has 5 heteroatoms. The summed E-state index contributed by atoms with van der Waals surface area (Å²) in [4.78, 5) is 24.5. The second-order valence-electron chi connectivity index (χ2n) is 6.94. The van der Waals surface area contributed by atoms with Gasteiger partial charge in [-0.15, -0.1) is 0 Å². The molecule has 5 nitrogen and oxygen atoms in total. The normalized spacial score (nSPS) is 14.1. The quantitative estimate of drug-likeness (QED) is 0.666. The zero-order valence-corrected chi connectivity index (χ0v) is 16.2. The van der Waals surface area contributed by atoms with Crippen LogP contribution in [0.25, 0.3) is 0 Å². The largest absolute Gasteiger partial charge is 0.352 e. The van der Waals surface area contributed by atoms with Crippen LogP contribution in [0.2, 0.25) is 0 Å². The number of nitrogens with one attached hydrogen (secondary N) is 2. The third-order valence-corrected chi connectivity index (χ3v) is 4.86. The van der Waals surface area contributed by atoms with Gasteiger partial charge in [0.2, 0.25) is 11.8 Å². The summed E-state index contributed by atoms with van der Waals surface area (Å²) in [7, 11) is 0. The number of hydrogen-bond donors (Lipinski definition) is 3. The van der Waals surface area contributed by atoms with Gasteiger partial charge in [-0.2, -0.15) is 0 Å². The van der Waals surface area contributed by atoms with E-state index in [4.69, 9.17) is 5.73 Å². The fourth-order valence-corrected chi connectivity index (χ4v) is 2.69. The maximum atomic E-state index is 12.5. The van der Waals surface area contributed by atoms with Crippen molar-refractivity contribution in [2.45, 2.75) is 39.8 Å². The van der Waals surface area contributed by atoms with Gasteiger partial charge in [-0.1, -0.05) is 63.2 Å². The first-order valence-corrected chi connectivity index (χ1v) is 9.40. The highest BCUT2D eigenvalue weighted by Gasteiger charge is 2.21. The van der Waals surface area contributed by atoms with Gasteiger partial charge in [0.05, 0.1) is 5.92 Å². The number of rotatable bonds is 8. The van der Waals surface area contributed by atoms with Crippen LogP contribution >= 0.6 is 0 Å². The minimum atomic E-state index is -0.354. The lowest BCUT2D eigenvalue weighted by Crippen LogP contribution is -2.35. The molecule has 0 heterocycles. The van der Waals surface area contributed by atoms with Crippen LogP contribution in [0, 0.1) is 11.8 Å². The molecule has 0 saturated carbocycles. The molecule has 3 atom stereocenters. The Kier molecular flexibility index (Phi) is 7.55. The van der Waals surface area contributed by atoms with E-state index in [1.54, 1.807) is 0 Å². The van der Waals surface area contributed by atoms with Crippen molar-refractivity contribution in [3.8, 4) is 0 Å². The summed E-state index contributed by atoms with van der Waals surface area (Å²) in [6.07, 6.45) is 0.793. The van der Waals surface area contributed by atoms with Crippen LogP contribution in [-0.4, -0.2) is 11.8 Å². The molecule has 0 bridgehead atoms. The third-order valence-electron chi connectivity index (χ3n) is 4.86. The number of amides is 2. The SMILES string of the molecule is CCC(C)C(=O)Nc1cccc(CNC(=O)C(C)C(N)c2ccccc2)c1. The molecule has 0 fully saturated rings. The van der Waals surface area contributed by atoms with Crippen LogP contribution < -0.4 is 16.4 Å². The van der Waals surface area contributed by atoms with Gasteiger partial charge in [0, 0.05) is 24.2 Å². The predicted octanol–water partition coefficient (Wildman–Crippen LogP) is 3.62. The second-order valence-corrected chi connectivity index (χ2v) is 6.94. The number of carbonyl (C=O) groups is 2. The number of carbonyl (C=O) groups excluding carboxylic acids is 2. The smallest absolute Gasteiger partial charge is 0.227 e. The van der Waals surface area contributed by atoms with Crippen LogP contribution in [0.15, 0.2) is 54.6 Å². The first-order valence-electron chi connectivity index (χ1n) is 9.40. The maximum Gasteiger partial charge on any atom is 0.227 e. The predicted molar refractivity (Wildman–Crippen MR) is 109 cm³/mol. The molecule has 0 aliphatic rings. The van der Waals surface area contributed by atoms with E-state index in [0.717, 1.165) is 23.2 Å². The molecule has 2 amide bonds. The average Bonchev–Trinajstić information content (AvgIpc) is 2.71. The summed E-state index contributed by atoms with van der Waals surface area (Å²) in [5.41, 5.74) is 8.82. The molecule has 0 aliphatic heterocycles. The summed E-state index contributed by atoms with van der Waals surface area (Å²) in [5.74, 6) is -0.476. The van der Waals surface area contributed by atoms with E-state index in [0.29, 0.717) is 6.54 Å². The van der Waals surface area contributed by atoms with Gasteiger partial charge in [-0.25, -0.2) is 0 Å². The van der Waals surface area contributed by atoms with Crippen molar-refractivity contribution in [1.29, 1.82) is 0 Å². The Hall–Kier alpha value is -2.66. The fraction of sp³-hybridized carbons (Fsp3) is 0.364. The highest BCUT2D eigenvalue weighted by molar-refractivity contribution is 5.92. The van der Waals surface area contributed by atoms with Crippen molar-refractivity contribution in [3.05, 3.63) is 65.7 Å². The van der Waals surface area contributed by atoms with Crippen LogP contribution in [-0.2, 0) is 16.1 Å². The van der Waals surface area contributed by atoms with Crippen molar-refractivity contribution in [2.75, 3.05) is 5.32 Å². The van der Waals surface area contributed by atoms with Gasteiger partial charge in [-0.05, 0) is 29.7 Å². The summed E-state index contributed by atoms with van der Waals surface area (Å²) < 4.78 is 0. The number of benzene rings is 2. The fourth-order valence-electron chi connectivity index (χ4n) is 2.69. The summed E-state index contributed by atoms with van der Waals surface area (Å²) >= 11 is 0. The number of anilines is 1. The van der Waals surface area contributed by atoms with E-state index in [9.17, 15) is 9.59 Å². The lowest BCUT2D eigenvalue weighted by atomic mass is 9.94. The Balaban J connectivity index is 1.93. The van der Waals surface area contributed by atoms with Gasteiger partial charge in [0.15, 0.2) is 0 Å². The van der Waals surface area contributed by atoms with E-state index < -0.39 is 0 Å². The molecule has 2 rings (SSSR count). The zero-order chi connectivity index (χ0) is 19.8. The van der Waals surface area contributed by atoms with Crippen molar-refractivity contribution < 1.29 is 9.59 Å². The molecule has 0 aromatic heterocycles. The first-order chi connectivity index (χ1) is 12.9. The number of hydrogen-bond acceptors (Lipinski definition) is 3. The Bertz CT molecular complexity index is 761. The van der Waals surface area contributed by atoms with Crippen LogP contribution in [0.4, 0.5) is 5.69 Å². The molecule has 0 spiro atoms. The second kappa shape index (κ2) is 9.88. The Morgan fingerprint density at radius 2 is 1.70 bits per heavy atom. The van der Waals surface area contributed by atoms with Gasteiger partial charge in [0.1, 0.15) is 0 Å². The first kappa shape index (κ1) is 20.6. The Labute approximate surface area is 161 Å². The van der Waals surface area contributed by atoms with E-state index >= 15 is 0 Å². The van der Waals surface area contributed by atoms with Crippen LogP contribution in [0.1, 0.15) is 44.4 Å². The highest BCUT2D eigenvalue weighted by atomic mass is 16.2. The molecule has 4 N–H and O–H groups in total. The summed E-state index contributed by atoms with van der Waals surface area (Å²) in [5, 5.41) is 5.84. The van der Waals surface area contributed by atoms with Gasteiger partial charge in [0.25, 0.3) is 0 Å². The van der Waals surface area contributed by atoms with Crippen LogP contribution in [0.5, 0.6) is 0 Å². The minimum absolute atomic E-state index is 0.00106. The lowest BCUT2D eigenvalue weighted by Gasteiger charge is -2.20. The van der Waals surface area contributed by atoms with Crippen molar-refractivity contribution in [1.82, 2.24) is 5.32 Å². The molecule has 0 aliphatic carbocycles. The molecule has 0 saturated heterocycles. The molecule has 0 radical (unpaired) electrons. The third kappa shape index (κ3) is 5.93. The van der Waals surface area contributed by atoms with Gasteiger partial charge < -0.3 is 16.4 Å². The van der Waals surface area contributed by atoms with E-state index in [1.165, 1.54) is 0 Å². The van der Waals surface area contributed by atoms with Crippen LogP contribution in [0.3, 0.4) is 0 Å². The molecule has 3 unspecified atom stereocenters. The van der Waals surface area contributed by atoms with Crippen molar-refractivity contribution >= 4 is 17.5 Å². The minimum Gasteiger partial charge on any atom is -0.352 e. The van der Waals surface area contributed by atoms with E-state index in [1.807, 2.05) is 75.4 Å². The molecule has 2 aromatic rings. The lowest BCUT2D eigenvalue weighted by molar-refractivity contribution is -0.125. The summed E-state index contributed by atoms with van der Waals surface area (Å²) in [6, 6.07) is 16.8.